The number of anilines is 1. The Bertz CT molecular complexity index is 322. The van der Waals surface area contributed by atoms with Gasteiger partial charge in [0.25, 0.3) is 0 Å². The summed E-state index contributed by atoms with van der Waals surface area (Å²) in [4.78, 5) is 0. The second kappa shape index (κ2) is 5.10. The Hall–Kier alpha value is -1.62. The zero-order valence-electron chi connectivity index (χ0n) is 7.92. The highest BCUT2D eigenvalue weighted by Gasteiger charge is 1.92. The van der Waals surface area contributed by atoms with Crippen molar-refractivity contribution in [1.82, 2.24) is 0 Å². The summed E-state index contributed by atoms with van der Waals surface area (Å²) in [6.07, 6.45) is 0. The van der Waals surface area contributed by atoms with Crippen molar-refractivity contribution in [3.05, 3.63) is 24.3 Å². The lowest BCUT2D eigenvalue weighted by Crippen LogP contribution is -1.93. The maximum absolute atomic E-state index is 5.34. The SMILES string of the molecule is CC#CNc1cccc(OCC)c1. The minimum Gasteiger partial charge on any atom is -0.494 e. The predicted molar refractivity (Wildman–Crippen MR) is 54.7 cm³/mol. The second-order valence-corrected chi connectivity index (χ2v) is 2.46. The van der Waals surface area contributed by atoms with E-state index in [-0.39, 0.29) is 0 Å². The zero-order valence-corrected chi connectivity index (χ0v) is 7.92. The fourth-order valence-corrected chi connectivity index (χ4v) is 0.965. The second-order valence-electron chi connectivity index (χ2n) is 2.46. The molecule has 0 fully saturated rings. The van der Waals surface area contributed by atoms with Gasteiger partial charge in [-0.1, -0.05) is 12.0 Å². The molecule has 68 valence electrons. The van der Waals surface area contributed by atoms with Gasteiger partial charge in [-0.05, 0) is 26.0 Å². The van der Waals surface area contributed by atoms with Crippen molar-refractivity contribution in [2.45, 2.75) is 13.8 Å². The molecule has 0 aromatic heterocycles. The molecule has 0 heterocycles. The third kappa shape index (κ3) is 3.08. The number of hydrogen-bond acceptors (Lipinski definition) is 2. The third-order valence-corrected chi connectivity index (χ3v) is 1.48. The molecule has 0 saturated carbocycles. The molecule has 0 amide bonds. The van der Waals surface area contributed by atoms with E-state index in [1.807, 2.05) is 31.2 Å². The van der Waals surface area contributed by atoms with E-state index in [9.17, 15) is 0 Å². The summed E-state index contributed by atoms with van der Waals surface area (Å²) in [5.74, 6) is 3.63. The Morgan fingerprint density at radius 2 is 2.31 bits per heavy atom. The Morgan fingerprint density at radius 3 is 3.00 bits per heavy atom. The Labute approximate surface area is 78.9 Å². The molecular weight excluding hydrogens is 162 g/mol. The molecule has 1 aromatic carbocycles. The van der Waals surface area contributed by atoms with Crippen LogP contribution in [0.15, 0.2) is 24.3 Å². The van der Waals surface area contributed by atoms with Crippen molar-refractivity contribution in [3.8, 4) is 17.7 Å². The van der Waals surface area contributed by atoms with Crippen LogP contribution in [0.3, 0.4) is 0 Å². The van der Waals surface area contributed by atoms with Gasteiger partial charge in [-0.25, -0.2) is 0 Å². The summed E-state index contributed by atoms with van der Waals surface area (Å²) in [6.45, 7) is 4.44. The van der Waals surface area contributed by atoms with Gasteiger partial charge in [0.05, 0.1) is 6.61 Å². The minimum absolute atomic E-state index is 0.683. The van der Waals surface area contributed by atoms with Crippen LogP contribution in [0.5, 0.6) is 5.75 Å². The van der Waals surface area contributed by atoms with E-state index in [4.69, 9.17) is 4.74 Å². The van der Waals surface area contributed by atoms with Gasteiger partial charge in [-0.3, -0.25) is 0 Å². The molecule has 1 rings (SSSR count). The number of nitrogens with one attached hydrogen (secondary N) is 1. The summed E-state index contributed by atoms with van der Waals surface area (Å²) in [5.41, 5.74) is 0.959. The first-order chi connectivity index (χ1) is 6.36. The fourth-order valence-electron chi connectivity index (χ4n) is 0.965. The van der Waals surface area contributed by atoms with Gasteiger partial charge >= 0.3 is 0 Å². The molecule has 2 nitrogen and oxygen atoms in total. The third-order valence-electron chi connectivity index (χ3n) is 1.48. The van der Waals surface area contributed by atoms with Crippen molar-refractivity contribution < 1.29 is 4.74 Å². The van der Waals surface area contributed by atoms with E-state index in [0.717, 1.165) is 11.4 Å². The molecule has 1 N–H and O–H groups in total. The Morgan fingerprint density at radius 1 is 1.46 bits per heavy atom. The predicted octanol–water partition coefficient (Wildman–Crippen LogP) is 2.48. The standard InChI is InChI=1S/C11H13NO/c1-3-8-12-10-6-5-7-11(9-10)13-4-2/h5-7,9,12H,4H2,1-2H3. The van der Waals surface area contributed by atoms with Crippen molar-refractivity contribution >= 4 is 5.69 Å². The van der Waals surface area contributed by atoms with Gasteiger partial charge in [-0.15, -0.1) is 0 Å². The summed E-state index contributed by atoms with van der Waals surface area (Å²) in [7, 11) is 0. The highest BCUT2D eigenvalue weighted by atomic mass is 16.5. The van der Waals surface area contributed by atoms with Crippen LogP contribution in [-0.4, -0.2) is 6.61 Å². The molecule has 0 spiro atoms. The highest BCUT2D eigenvalue weighted by Crippen LogP contribution is 2.16. The van der Waals surface area contributed by atoms with Crippen LogP contribution < -0.4 is 10.1 Å². The highest BCUT2D eigenvalue weighted by molar-refractivity contribution is 5.51. The van der Waals surface area contributed by atoms with Gasteiger partial charge < -0.3 is 10.1 Å². The molecule has 0 unspecified atom stereocenters. The van der Waals surface area contributed by atoms with Crippen LogP contribution >= 0.6 is 0 Å². The monoisotopic (exact) mass is 175 g/mol. The molecule has 0 aliphatic rings. The minimum atomic E-state index is 0.683. The van der Waals surface area contributed by atoms with Gasteiger partial charge in [0, 0.05) is 17.8 Å². The molecule has 0 atom stereocenters. The topological polar surface area (TPSA) is 21.3 Å². The first kappa shape index (κ1) is 9.47. The van der Waals surface area contributed by atoms with E-state index in [2.05, 4.69) is 17.3 Å². The van der Waals surface area contributed by atoms with Crippen LogP contribution in [0.1, 0.15) is 13.8 Å². The first-order valence-corrected chi connectivity index (χ1v) is 4.27. The Kier molecular flexibility index (Phi) is 3.72. The average molecular weight is 175 g/mol. The normalized spacial score (nSPS) is 8.46. The summed E-state index contributed by atoms with van der Waals surface area (Å²) < 4.78 is 5.34. The van der Waals surface area contributed by atoms with E-state index >= 15 is 0 Å². The molecule has 0 aliphatic heterocycles. The summed E-state index contributed by atoms with van der Waals surface area (Å²) >= 11 is 0. The van der Waals surface area contributed by atoms with Crippen molar-refractivity contribution in [1.29, 1.82) is 0 Å². The lowest BCUT2D eigenvalue weighted by Gasteiger charge is -2.04. The Balaban J connectivity index is 2.71. The molecular formula is C11H13NO. The van der Waals surface area contributed by atoms with Crippen LogP contribution in [0.2, 0.25) is 0 Å². The average Bonchev–Trinajstić information content (AvgIpc) is 2.16. The molecule has 2 heteroatoms. The lowest BCUT2D eigenvalue weighted by molar-refractivity contribution is 0.340. The number of ether oxygens (including phenoxy) is 1. The quantitative estimate of drug-likeness (QED) is 0.563. The van der Waals surface area contributed by atoms with Gasteiger partial charge in [0.1, 0.15) is 5.75 Å². The van der Waals surface area contributed by atoms with Crippen LogP contribution in [0.25, 0.3) is 0 Å². The van der Waals surface area contributed by atoms with Crippen LogP contribution in [0, 0.1) is 12.0 Å². The maximum atomic E-state index is 5.34. The molecule has 1 aromatic rings. The molecule has 0 saturated heterocycles. The fraction of sp³-hybridized carbons (Fsp3) is 0.273. The van der Waals surface area contributed by atoms with Gasteiger partial charge in [0.2, 0.25) is 0 Å². The molecule has 0 radical (unpaired) electrons. The van der Waals surface area contributed by atoms with Crippen molar-refractivity contribution in [2.24, 2.45) is 0 Å². The van der Waals surface area contributed by atoms with Crippen LogP contribution in [-0.2, 0) is 0 Å². The molecule has 13 heavy (non-hydrogen) atoms. The number of hydrogen-bond donors (Lipinski definition) is 1. The molecule has 0 aliphatic carbocycles. The summed E-state index contributed by atoms with van der Waals surface area (Å²) in [6, 6.07) is 10.5. The number of benzene rings is 1. The van der Waals surface area contributed by atoms with E-state index < -0.39 is 0 Å². The van der Waals surface area contributed by atoms with Crippen molar-refractivity contribution in [3.63, 3.8) is 0 Å². The largest absolute Gasteiger partial charge is 0.494 e. The van der Waals surface area contributed by atoms with E-state index in [1.54, 1.807) is 6.92 Å². The lowest BCUT2D eigenvalue weighted by atomic mass is 10.3. The first-order valence-electron chi connectivity index (χ1n) is 4.27. The van der Waals surface area contributed by atoms with E-state index in [1.165, 1.54) is 0 Å². The van der Waals surface area contributed by atoms with Crippen molar-refractivity contribution in [2.75, 3.05) is 11.9 Å². The number of rotatable bonds is 3. The van der Waals surface area contributed by atoms with E-state index in [0.29, 0.717) is 6.61 Å². The molecule has 0 bridgehead atoms. The summed E-state index contributed by atoms with van der Waals surface area (Å²) in [5, 5.41) is 2.95. The maximum Gasteiger partial charge on any atom is 0.121 e. The smallest absolute Gasteiger partial charge is 0.121 e. The van der Waals surface area contributed by atoms with Gasteiger partial charge in [-0.2, -0.15) is 0 Å². The van der Waals surface area contributed by atoms with Crippen LogP contribution in [0.4, 0.5) is 5.69 Å². The zero-order chi connectivity index (χ0) is 9.52. The van der Waals surface area contributed by atoms with Gasteiger partial charge in [0.15, 0.2) is 0 Å².